The molecule has 1 aromatic rings. The first-order chi connectivity index (χ1) is 11.4. The summed E-state index contributed by atoms with van der Waals surface area (Å²) in [5.41, 5.74) is 6.27. The van der Waals surface area contributed by atoms with E-state index >= 15 is 0 Å². The van der Waals surface area contributed by atoms with Crippen molar-refractivity contribution in [2.24, 2.45) is 5.73 Å². The largest absolute Gasteiger partial charge is 0.368 e. The lowest BCUT2D eigenvalue weighted by molar-refractivity contribution is -0.128. The molecule has 3 rings (SSSR count). The Morgan fingerprint density at radius 1 is 1.25 bits per heavy atom. The minimum Gasteiger partial charge on any atom is -0.368 e. The van der Waals surface area contributed by atoms with Crippen LogP contribution < -0.4 is 10.6 Å². The Hall–Kier alpha value is -2.57. The van der Waals surface area contributed by atoms with Gasteiger partial charge in [-0.2, -0.15) is 0 Å². The molecule has 2 heterocycles. The third-order valence-electron chi connectivity index (χ3n) is 4.98. The van der Waals surface area contributed by atoms with Crippen LogP contribution in [0, 0.1) is 5.41 Å². The molecule has 3 amide bonds. The third-order valence-corrected chi connectivity index (χ3v) is 4.98. The second-order valence-electron chi connectivity index (χ2n) is 6.66. The minimum atomic E-state index is -0.885. The van der Waals surface area contributed by atoms with E-state index in [4.69, 9.17) is 11.1 Å². The Kier molecular flexibility index (Phi) is 3.95. The summed E-state index contributed by atoms with van der Waals surface area (Å²) in [5.74, 6) is -0.0237. The fourth-order valence-corrected chi connectivity index (χ4v) is 3.55. The van der Waals surface area contributed by atoms with Gasteiger partial charge in [-0.1, -0.05) is 0 Å². The number of nitrogens with zero attached hydrogens (tertiary/aromatic N) is 3. The molecule has 0 saturated carbocycles. The average molecular weight is 329 g/mol. The van der Waals surface area contributed by atoms with Crippen LogP contribution in [0.15, 0.2) is 24.3 Å². The number of primary amides is 1. The topological polar surface area (TPSA) is 93.7 Å². The molecular formula is C17H23N5O2. The van der Waals surface area contributed by atoms with E-state index in [0.717, 1.165) is 24.1 Å². The SMILES string of the molecule is CN(C)C(=N)c1ccc(N2C[C@@]3(C(N)=O)CCCCN3C2=O)cc1. The smallest absolute Gasteiger partial charge is 0.325 e. The quantitative estimate of drug-likeness (QED) is 0.645. The Morgan fingerprint density at radius 3 is 2.46 bits per heavy atom. The van der Waals surface area contributed by atoms with Gasteiger partial charge in [-0.25, -0.2) is 4.79 Å². The van der Waals surface area contributed by atoms with Crippen LogP contribution in [0.3, 0.4) is 0 Å². The molecule has 2 aliphatic heterocycles. The number of nitrogens with one attached hydrogen (secondary N) is 1. The van der Waals surface area contributed by atoms with Gasteiger partial charge in [0.2, 0.25) is 5.91 Å². The molecule has 0 unspecified atom stereocenters. The number of hydrogen-bond acceptors (Lipinski definition) is 3. The summed E-state index contributed by atoms with van der Waals surface area (Å²) in [5, 5.41) is 8.00. The van der Waals surface area contributed by atoms with E-state index in [1.807, 2.05) is 38.4 Å². The first kappa shape index (κ1) is 16.3. The summed E-state index contributed by atoms with van der Waals surface area (Å²) < 4.78 is 0. The third kappa shape index (κ3) is 2.40. The van der Waals surface area contributed by atoms with Gasteiger partial charge in [-0.15, -0.1) is 0 Å². The predicted molar refractivity (Wildman–Crippen MR) is 92.2 cm³/mol. The number of anilines is 1. The Balaban J connectivity index is 1.89. The number of rotatable bonds is 3. The second-order valence-corrected chi connectivity index (χ2v) is 6.66. The number of fused-ring (bicyclic) bond motifs is 1. The average Bonchev–Trinajstić information content (AvgIpc) is 2.89. The second kappa shape index (κ2) is 5.81. The van der Waals surface area contributed by atoms with Crippen molar-refractivity contribution in [3.63, 3.8) is 0 Å². The highest BCUT2D eigenvalue weighted by atomic mass is 16.2. The maximum Gasteiger partial charge on any atom is 0.325 e. The molecule has 0 spiro atoms. The number of hydrogen-bond donors (Lipinski definition) is 2. The van der Waals surface area contributed by atoms with E-state index in [1.54, 1.807) is 14.7 Å². The fraction of sp³-hybridized carbons (Fsp3) is 0.471. The molecule has 3 N–H and O–H groups in total. The zero-order chi connectivity index (χ0) is 17.5. The van der Waals surface area contributed by atoms with Gasteiger partial charge in [-0.3, -0.25) is 15.1 Å². The van der Waals surface area contributed by atoms with Gasteiger partial charge in [0.05, 0.1) is 6.54 Å². The van der Waals surface area contributed by atoms with E-state index in [-0.39, 0.29) is 6.03 Å². The number of carbonyl (C=O) groups excluding carboxylic acids is 2. The standard InChI is InChI=1S/C17H23N5O2/c1-20(2)14(18)12-5-7-13(8-6-12)21-11-17(15(19)23)9-3-4-10-22(17)16(21)24/h5-8,18H,3-4,9-11H2,1-2H3,(H2,19,23)/t17-/m1/s1. The normalized spacial score (nSPS) is 23.2. The van der Waals surface area contributed by atoms with Gasteiger partial charge in [0.25, 0.3) is 0 Å². The highest BCUT2D eigenvalue weighted by Crippen LogP contribution is 2.37. The van der Waals surface area contributed by atoms with Gasteiger partial charge in [0, 0.05) is 31.9 Å². The van der Waals surface area contributed by atoms with E-state index in [9.17, 15) is 9.59 Å². The van der Waals surface area contributed by atoms with Crippen LogP contribution in [-0.2, 0) is 4.79 Å². The van der Waals surface area contributed by atoms with Gasteiger partial charge < -0.3 is 15.5 Å². The molecule has 128 valence electrons. The highest BCUT2D eigenvalue weighted by molar-refractivity contribution is 6.03. The fourth-order valence-electron chi connectivity index (χ4n) is 3.55. The molecule has 0 bridgehead atoms. The van der Waals surface area contributed by atoms with Crippen LogP contribution >= 0.6 is 0 Å². The molecule has 7 heteroatoms. The van der Waals surface area contributed by atoms with Crippen LogP contribution in [0.1, 0.15) is 24.8 Å². The Bertz CT molecular complexity index is 685. The lowest BCUT2D eigenvalue weighted by Crippen LogP contribution is -2.58. The summed E-state index contributed by atoms with van der Waals surface area (Å²) in [7, 11) is 3.63. The van der Waals surface area contributed by atoms with Crippen molar-refractivity contribution in [2.75, 3.05) is 32.1 Å². The van der Waals surface area contributed by atoms with E-state index in [0.29, 0.717) is 25.3 Å². The summed E-state index contributed by atoms with van der Waals surface area (Å²) in [4.78, 5) is 29.8. The molecule has 1 aromatic carbocycles. The van der Waals surface area contributed by atoms with Crippen molar-refractivity contribution in [3.8, 4) is 0 Å². The number of benzene rings is 1. The van der Waals surface area contributed by atoms with Crippen LogP contribution in [-0.4, -0.2) is 60.3 Å². The van der Waals surface area contributed by atoms with E-state index in [2.05, 4.69) is 0 Å². The van der Waals surface area contributed by atoms with Crippen molar-refractivity contribution in [1.29, 1.82) is 5.41 Å². The van der Waals surface area contributed by atoms with Crippen molar-refractivity contribution < 1.29 is 9.59 Å². The summed E-state index contributed by atoms with van der Waals surface area (Å²) in [6, 6.07) is 7.11. The number of amidine groups is 1. The lowest BCUT2D eigenvalue weighted by atomic mass is 9.87. The monoisotopic (exact) mass is 329 g/mol. The highest BCUT2D eigenvalue weighted by Gasteiger charge is 2.54. The zero-order valence-electron chi connectivity index (χ0n) is 14.1. The maximum atomic E-state index is 12.8. The molecule has 0 radical (unpaired) electrons. The van der Waals surface area contributed by atoms with Crippen LogP contribution in [0.25, 0.3) is 0 Å². The molecule has 2 fully saturated rings. The first-order valence-electron chi connectivity index (χ1n) is 8.12. The van der Waals surface area contributed by atoms with Gasteiger partial charge >= 0.3 is 6.03 Å². The van der Waals surface area contributed by atoms with Crippen LogP contribution in [0.5, 0.6) is 0 Å². The molecule has 1 atom stereocenters. The Morgan fingerprint density at radius 2 is 1.92 bits per heavy atom. The van der Waals surface area contributed by atoms with Crippen molar-refractivity contribution in [2.45, 2.75) is 24.8 Å². The summed E-state index contributed by atoms with van der Waals surface area (Å²) in [6.45, 7) is 0.868. The van der Waals surface area contributed by atoms with Crippen molar-refractivity contribution in [1.82, 2.24) is 9.80 Å². The summed E-state index contributed by atoms with van der Waals surface area (Å²) in [6.07, 6.45) is 2.42. The number of carbonyl (C=O) groups is 2. The molecule has 2 aliphatic rings. The number of urea groups is 1. The predicted octanol–water partition coefficient (Wildman–Crippen LogP) is 1.22. The lowest BCUT2D eigenvalue weighted by Gasteiger charge is -2.37. The number of amides is 3. The zero-order valence-corrected chi connectivity index (χ0v) is 14.1. The first-order valence-corrected chi connectivity index (χ1v) is 8.12. The maximum absolute atomic E-state index is 12.8. The van der Waals surface area contributed by atoms with Gasteiger partial charge in [0.1, 0.15) is 11.4 Å². The van der Waals surface area contributed by atoms with Crippen molar-refractivity contribution >= 4 is 23.5 Å². The Labute approximate surface area is 141 Å². The molecule has 0 aliphatic carbocycles. The minimum absolute atomic E-state index is 0.163. The van der Waals surface area contributed by atoms with Crippen molar-refractivity contribution in [3.05, 3.63) is 29.8 Å². The van der Waals surface area contributed by atoms with Gasteiger partial charge in [0.15, 0.2) is 0 Å². The molecule has 0 aromatic heterocycles. The molecule has 7 nitrogen and oxygen atoms in total. The van der Waals surface area contributed by atoms with Crippen LogP contribution in [0.2, 0.25) is 0 Å². The van der Waals surface area contributed by atoms with E-state index < -0.39 is 11.4 Å². The van der Waals surface area contributed by atoms with E-state index in [1.165, 1.54) is 0 Å². The molecule has 2 saturated heterocycles. The molecule has 24 heavy (non-hydrogen) atoms. The summed E-state index contributed by atoms with van der Waals surface area (Å²) >= 11 is 0. The van der Waals surface area contributed by atoms with Crippen LogP contribution in [0.4, 0.5) is 10.5 Å². The number of piperidine rings is 1. The number of nitrogens with two attached hydrogens (primary N) is 1. The van der Waals surface area contributed by atoms with Gasteiger partial charge in [-0.05, 0) is 43.5 Å². The molecular weight excluding hydrogens is 306 g/mol.